The molecule has 0 atom stereocenters. The lowest BCUT2D eigenvalue weighted by Gasteiger charge is -2.25. The zero-order valence-electron chi connectivity index (χ0n) is 13.2. The maximum atomic E-state index is 5.62. The SMILES string of the molecule is COCCOCCCN(CCCN)c1ccc(OC)cc1. The third kappa shape index (κ3) is 7.32. The number of nitrogens with zero attached hydrogens (tertiary/aromatic N) is 1. The van der Waals surface area contributed by atoms with Crippen LogP contribution in [0.4, 0.5) is 5.69 Å². The minimum atomic E-state index is 0.648. The summed E-state index contributed by atoms with van der Waals surface area (Å²) in [4.78, 5) is 2.34. The number of hydrogen-bond acceptors (Lipinski definition) is 5. The van der Waals surface area contributed by atoms with Crippen LogP contribution in [-0.2, 0) is 9.47 Å². The lowest BCUT2D eigenvalue weighted by Crippen LogP contribution is -2.28. The standard InChI is InChI=1S/C16H28N2O3/c1-19-13-14-21-12-4-11-18(10-3-9-17)15-5-7-16(20-2)8-6-15/h5-8H,3-4,9-14,17H2,1-2H3. The van der Waals surface area contributed by atoms with Crippen molar-refractivity contribution in [2.24, 2.45) is 5.73 Å². The van der Waals surface area contributed by atoms with Gasteiger partial charge in [0.15, 0.2) is 0 Å². The predicted molar refractivity (Wildman–Crippen MR) is 86.2 cm³/mol. The fraction of sp³-hybridized carbons (Fsp3) is 0.625. The van der Waals surface area contributed by atoms with Crippen LogP contribution in [0.2, 0.25) is 0 Å². The number of nitrogens with two attached hydrogens (primary N) is 1. The van der Waals surface area contributed by atoms with Crippen molar-refractivity contribution in [2.45, 2.75) is 12.8 Å². The zero-order valence-corrected chi connectivity index (χ0v) is 13.2. The molecule has 0 saturated carbocycles. The Labute approximate surface area is 128 Å². The third-order valence-corrected chi connectivity index (χ3v) is 3.22. The first-order chi connectivity index (χ1) is 10.3. The predicted octanol–water partition coefficient (Wildman–Crippen LogP) is 1.90. The maximum Gasteiger partial charge on any atom is 0.119 e. The van der Waals surface area contributed by atoms with Crippen molar-refractivity contribution >= 4 is 5.69 Å². The van der Waals surface area contributed by atoms with Crippen LogP contribution in [0.15, 0.2) is 24.3 Å². The van der Waals surface area contributed by atoms with E-state index in [2.05, 4.69) is 17.0 Å². The van der Waals surface area contributed by atoms with Gasteiger partial charge in [0, 0.05) is 32.5 Å². The molecule has 0 spiro atoms. The molecule has 0 aliphatic carbocycles. The average Bonchev–Trinajstić information content (AvgIpc) is 2.53. The van der Waals surface area contributed by atoms with Crippen molar-refractivity contribution in [3.05, 3.63) is 24.3 Å². The minimum Gasteiger partial charge on any atom is -0.497 e. The molecule has 0 fully saturated rings. The van der Waals surface area contributed by atoms with Crippen LogP contribution in [-0.4, -0.2) is 53.7 Å². The van der Waals surface area contributed by atoms with Gasteiger partial charge < -0.3 is 24.8 Å². The molecular weight excluding hydrogens is 268 g/mol. The highest BCUT2D eigenvalue weighted by molar-refractivity contribution is 5.49. The Hall–Kier alpha value is -1.30. The molecule has 0 aromatic heterocycles. The van der Waals surface area contributed by atoms with Gasteiger partial charge in [-0.2, -0.15) is 0 Å². The summed E-state index contributed by atoms with van der Waals surface area (Å²) < 4.78 is 15.7. The molecule has 0 unspecified atom stereocenters. The van der Waals surface area contributed by atoms with E-state index in [0.717, 1.165) is 38.3 Å². The highest BCUT2D eigenvalue weighted by Gasteiger charge is 2.06. The van der Waals surface area contributed by atoms with E-state index in [4.69, 9.17) is 19.9 Å². The number of anilines is 1. The maximum absolute atomic E-state index is 5.62. The molecule has 1 aromatic carbocycles. The van der Waals surface area contributed by atoms with Gasteiger partial charge in [-0.3, -0.25) is 0 Å². The lowest BCUT2D eigenvalue weighted by atomic mass is 10.2. The Kier molecular flexibility index (Phi) is 9.61. The van der Waals surface area contributed by atoms with Gasteiger partial charge in [0.2, 0.25) is 0 Å². The molecule has 0 heterocycles. The van der Waals surface area contributed by atoms with Crippen LogP contribution in [0, 0.1) is 0 Å². The van der Waals surface area contributed by atoms with Crippen LogP contribution in [0.5, 0.6) is 5.75 Å². The lowest BCUT2D eigenvalue weighted by molar-refractivity contribution is 0.0700. The quantitative estimate of drug-likeness (QED) is 0.597. The smallest absolute Gasteiger partial charge is 0.119 e. The van der Waals surface area contributed by atoms with Gasteiger partial charge in [-0.05, 0) is 43.7 Å². The van der Waals surface area contributed by atoms with Gasteiger partial charge in [-0.15, -0.1) is 0 Å². The largest absolute Gasteiger partial charge is 0.497 e. The first-order valence-corrected chi connectivity index (χ1v) is 7.47. The monoisotopic (exact) mass is 296 g/mol. The van der Waals surface area contributed by atoms with Crippen LogP contribution in [0.3, 0.4) is 0 Å². The van der Waals surface area contributed by atoms with Crippen LogP contribution in [0.1, 0.15) is 12.8 Å². The summed E-state index contributed by atoms with van der Waals surface area (Å²) in [6, 6.07) is 8.14. The summed E-state index contributed by atoms with van der Waals surface area (Å²) in [5.74, 6) is 0.875. The normalized spacial score (nSPS) is 10.6. The third-order valence-electron chi connectivity index (χ3n) is 3.22. The van der Waals surface area contributed by atoms with Crippen molar-refractivity contribution < 1.29 is 14.2 Å². The van der Waals surface area contributed by atoms with E-state index in [9.17, 15) is 0 Å². The molecule has 1 rings (SSSR count). The van der Waals surface area contributed by atoms with Gasteiger partial charge in [0.05, 0.1) is 20.3 Å². The van der Waals surface area contributed by atoms with Gasteiger partial charge >= 0.3 is 0 Å². The summed E-state index contributed by atoms with van der Waals surface area (Å²) in [6.07, 6.45) is 1.97. The molecule has 0 saturated heterocycles. The van der Waals surface area contributed by atoms with Crippen LogP contribution >= 0.6 is 0 Å². The topological polar surface area (TPSA) is 57.0 Å². The van der Waals surface area contributed by atoms with Crippen molar-refractivity contribution in [3.63, 3.8) is 0 Å². The molecule has 1 aromatic rings. The van der Waals surface area contributed by atoms with Gasteiger partial charge in [0.25, 0.3) is 0 Å². The second-order valence-electron chi connectivity index (χ2n) is 4.79. The number of methoxy groups -OCH3 is 2. The fourth-order valence-corrected chi connectivity index (χ4v) is 2.05. The van der Waals surface area contributed by atoms with Crippen molar-refractivity contribution in [1.29, 1.82) is 0 Å². The van der Waals surface area contributed by atoms with E-state index in [-0.39, 0.29) is 0 Å². The van der Waals surface area contributed by atoms with E-state index < -0.39 is 0 Å². The Morgan fingerprint density at radius 1 is 0.952 bits per heavy atom. The zero-order chi connectivity index (χ0) is 15.3. The molecule has 120 valence electrons. The summed E-state index contributed by atoms with van der Waals surface area (Å²) in [5.41, 5.74) is 6.82. The molecular formula is C16H28N2O3. The van der Waals surface area contributed by atoms with E-state index >= 15 is 0 Å². The van der Waals surface area contributed by atoms with Crippen molar-refractivity contribution in [2.75, 3.05) is 58.6 Å². The van der Waals surface area contributed by atoms with Gasteiger partial charge in [-0.25, -0.2) is 0 Å². The van der Waals surface area contributed by atoms with Gasteiger partial charge in [-0.1, -0.05) is 0 Å². The van der Waals surface area contributed by atoms with Crippen LogP contribution in [0.25, 0.3) is 0 Å². The molecule has 0 aliphatic heterocycles. The minimum absolute atomic E-state index is 0.648. The Bertz CT molecular complexity index is 357. The molecule has 2 N–H and O–H groups in total. The number of ether oxygens (including phenoxy) is 3. The molecule has 0 bridgehead atoms. The first-order valence-electron chi connectivity index (χ1n) is 7.47. The molecule has 21 heavy (non-hydrogen) atoms. The Morgan fingerprint density at radius 3 is 2.29 bits per heavy atom. The molecule has 5 heteroatoms. The van der Waals surface area contributed by atoms with Gasteiger partial charge in [0.1, 0.15) is 5.75 Å². The summed E-state index contributed by atoms with van der Waals surface area (Å²) in [7, 11) is 3.36. The number of rotatable bonds is 12. The Morgan fingerprint density at radius 2 is 1.67 bits per heavy atom. The number of hydrogen-bond donors (Lipinski definition) is 1. The summed E-state index contributed by atoms with van der Waals surface area (Å²) >= 11 is 0. The highest BCUT2D eigenvalue weighted by atomic mass is 16.5. The molecule has 5 nitrogen and oxygen atoms in total. The van der Waals surface area contributed by atoms with E-state index in [1.165, 1.54) is 5.69 Å². The fourth-order valence-electron chi connectivity index (χ4n) is 2.05. The van der Waals surface area contributed by atoms with E-state index in [0.29, 0.717) is 19.8 Å². The average molecular weight is 296 g/mol. The molecule has 0 amide bonds. The number of benzene rings is 1. The highest BCUT2D eigenvalue weighted by Crippen LogP contribution is 2.19. The summed E-state index contributed by atoms with van der Waals surface area (Å²) in [5, 5.41) is 0. The molecule has 0 radical (unpaired) electrons. The second kappa shape index (κ2) is 11.4. The molecule has 0 aliphatic rings. The van der Waals surface area contributed by atoms with E-state index in [1.807, 2.05) is 12.1 Å². The van der Waals surface area contributed by atoms with Crippen molar-refractivity contribution in [1.82, 2.24) is 0 Å². The Balaban J connectivity index is 2.42. The summed E-state index contributed by atoms with van der Waals surface area (Å²) in [6.45, 7) is 4.67. The first kappa shape index (κ1) is 17.8. The van der Waals surface area contributed by atoms with Crippen LogP contribution < -0.4 is 15.4 Å². The van der Waals surface area contributed by atoms with E-state index in [1.54, 1.807) is 14.2 Å². The van der Waals surface area contributed by atoms with Crippen molar-refractivity contribution in [3.8, 4) is 5.75 Å². The second-order valence-corrected chi connectivity index (χ2v) is 4.79.